The summed E-state index contributed by atoms with van der Waals surface area (Å²) in [7, 11) is 5.41. The highest BCUT2D eigenvalue weighted by molar-refractivity contribution is 5.70. The predicted molar refractivity (Wildman–Crippen MR) is 263 cm³/mol. The Bertz CT molecular complexity index is 1210. The molecule has 0 aromatic rings. The van der Waals surface area contributed by atoms with E-state index in [1.165, 1.54) is 109 Å². The van der Waals surface area contributed by atoms with E-state index in [0.717, 1.165) is 77.0 Å². The number of unbranched alkanes of at least 4 members (excludes halogenated alkanes) is 22. The standard InChI is InChI=1S/C55H97NO7/c1-6-8-10-12-14-16-18-20-22-24-25-26-27-28-29-30-32-34-36-38-40-42-44-46-54(58)63-51(49-61-48-47-52(55(59)60)56(3,4)5)50-62-53(57)45-43-41-39-37-35-33-31-23-21-19-17-15-13-11-9-7-2/h8,10,14,16,20,22-23,25-26,31,51-52H,6-7,9,11-13,15,17-19,21,24,27-30,32-50H2,1-5H3/b10-8-,16-14-,22-20-,26-25-,31-23-. The molecule has 0 fully saturated rings. The van der Waals surface area contributed by atoms with Crippen molar-refractivity contribution < 1.29 is 38.2 Å². The van der Waals surface area contributed by atoms with E-state index in [0.29, 0.717) is 12.8 Å². The van der Waals surface area contributed by atoms with Crippen molar-refractivity contribution >= 4 is 17.9 Å². The largest absolute Gasteiger partial charge is 0.544 e. The molecule has 0 saturated heterocycles. The first kappa shape index (κ1) is 60.0. The number of hydrogen-bond acceptors (Lipinski definition) is 7. The topological polar surface area (TPSA) is 102 Å². The minimum Gasteiger partial charge on any atom is -0.544 e. The third-order valence-electron chi connectivity index (χ3n) is 11.4. The average molecular weight is 884 g/mol. The number of hydrogen-bond donors (Lipinski definition) is 0. The van der Waals surface area contributed by atoms with Gasteiger partial charge in [0.15, 0.2) is 6.10 Å². The number of carboxylic acid groups (broad SMARTS) is 1. The molecule has 0 spiro atoms. The molecule has 0 aromatic heterocycles. The molecule has 2 unspecified atom stereocenters. The lowest BCUT2D eigenvalue weighted by atomic mass is 10.0. The maximum atomic E-state index is 12.8. The first-order valence-corrected chi connectivity index (χ1v) is 25.8. The lowest BCUT2D eigenvalue weighted by Crippen LogP contribution is -2.55. The van der Waals surface area contributed by atoms with Gasteiger partial charge in [0, 0.05) is 19.3 Å². The maximum absolute atomic E-state index is 12.8. The highest BCUT2D eigenvalue weighted by Gasteiger charge is 2.25. The van der Waals surface area contributed by atoms with Crippen LogP contribution >= 0.6 is 0 Å². The number of esters is 2. The fourth-order valence-electron chi connectivity index (χ4n) is 7.41. The summed E-state index contributed by atoms with van der Waals surface area (Å²) in [5.41, 5.74) is 0. The van der Waals surface area contributed by atoms with Crippen LogP contribution in [-0.2, 0) is 28.6 Å². The Kier molecular flexibility index (Phi) is 43.4. The normalized spacial score (nSPS) is 13.3. The van der Waals surface area contributed by atoms with E-state index in [2.05, 4.69) is 74.6 Å². The van der Waals surface area contributed by atoms with Crippen LogP contribution in [0.1, 0.15) is 219 Å². The molecule has 0 heterocycles. The summed E-state index contributed by atoms with van der Waals surface area (Å²) in [6, 6.07) is -0.730. The SMILES string of the molecule is CC/C=C\C/C=C\C/C=C\C/C=C\CCCCCCCCCCCCC(=O)OC(COCCC(C(=O)[O-])[N+](C)(C)C)COC(=O)CCCCCCC/C=C\CCCCCCCCC. The fraction of sp³-hybridized carbons (Fsp3) is 0.764. The Balaban J connectivity index is 4.25. The summed E-state index contributed by atoms with van der Waals surface area (Å²) < 4.78 is 17.2. The van der Waals surface area contributed by atoms with Gasteiger partial charge in [-0.1, -0.05) is 184 Å². The Morgan fingerprint density at radius 1 is 0.492 bits per heavy atom. The van der Waals surface area contributed by atoms with Crippen LogP contribution in [0.15, 0.2) is 60.8 Å². The number of carbonyl (C=O) groups excluding carboxylic acids is 3. The van der Waals surface area contributed by atoms with E-state index in [1.54, 1.807) is 21.1 Å². The molecule has 0 aliphatic rings. The second-order valence-corrected chi connectivity index (χ2v) is 18.4. The quantitative estimate of drug-likeness (QED) is 0.0260. The fourth-order valence-corrected chi connectivity index (χ4v) is 7.41. The zero-order valence-electron chi connectivity index (χ0n) is 41.5. The van der Waals surface area contributed by atoms with Crippen molar-refractivity contribution in [1.82, 2.24) is 0 Å². The Labute approximate surface area is 388 Å². The summed E-state index contributed by atoms with van der Waals surface area (Å²) >= 11 is 0. The molecule has 0 radical (unpaired) electrons. The first-order chi connectivity index (χ1) is 30.6. The molecule has 63 heavy (non-hydrogen) atoms. The highest BCUT2D eigenvalue weighted by Crippen LogP contribution is 2.15. The van der Waals surface area contributed by atoms with Crippen molar-refractivity contribution in [3.05, 3.63) is 60.8 Å². The number of ether oxygens (including phenoxy) is 3. The summed E-state index contributed by atoms with van der Waals surface area (Å²) in [5, 5.41) is 11.7. The molecule has 0 N–H and O–H groups in total. The zero-order valence-corrected chi connectivity index (χ0v) is 41.5. The van der Waals surface area contributed by atoms with Gasteiger partial charge in [0.25, 0.3) is 0 Å². The minimum atomic E-state index is -1.13. The van der Waals surface area contributed by atoms with Gasteiger partial charge in [0.05, 0.1) is 40.3 Å². The molecule has 0 amide bonds. The lowest BCUT2D eigenvalue weighted by Gasteiger charge is -2.34. The number of allylic oxidation sites excluding steroid dienone is 10. The van der Waals surface area contributed by atoms with Gasteiger partial charge in [-0.05, 0) is 77.0 Å². The number of aliphatic carboxylic acids is 1. The van der Waals surface area contributed by atoms with Crippen LogP contribution in [0.5, 0.6) is 0 Å². The third-order valence-corrected chi connectivity index (χ3v) is 11.4. The third kappa shape index (κ3) is 44.0. The summed E-state index contributed by atoms with van der Waals surface area (Å²) in [5.74, 6) is -1.75. The van der Waals surface area contributed by atoms with Gasteiger partial charge in [0.1, 0.15) is 12.6 Å². The lowest BCUT2D eigenvalue weighted by molar-refractivity contribution is -0.889. The second-order valence-electron chi connectivity index (χ2n) is 18.4. The van der Waals surface area contributed by atoms with Crippen LogP contribution in [0.4, 0.5) is 0 Å². The van der Waals surface area contributed by atoms with E-state index >= 15 is 0 Å². The summed E-state index contributed by atoms with van der Waals surface area (Å²) in [6.07, 6.45) is 56.8. The minimum absolute atomic E-state index is 0.0356. The van der Waals surface area contributed by atoms with Gasteiger partial charge in [-0.2, -0.15) is 0 Å². The molecular formula is C55H97NO7. The second kappa shape index (κ2) is 45.6. The van der Waals surface area contributed by atoms with Gasteiger partial charge >= 0.3 is 11.9 Å². The van der Waals surface area contributed by atoms with Crippen molar-refractivity contribution in [2.45, 2.75) is 231 Å². The Morgan fingerprint density at radius 3 is 1.33 bits per heavy atom. The van der Waals surface area contributed by atoms with Crippen molar-refractivity contribution in [3.63, 3.8) is 0 Å². The van der Waals surface area contributed by atoms with Crippen LogP contribution in [0.3, 0.4) is 0 Å². The monoisotopic (exact) mass is 884 g/mol. The van der Waals surface area contributed by atoms with Gasteiger partial charge in [0.2, 0.25) is 0 Å². The van der Waals surface area contributed by atoms with E-state index in [4.69, 9.17) is 14.2 Å². The van der Waals surface area contributed by atoms with Crippen molar-refractivity contribution in [1.29, 1.82) is 0 Å². The molecule has 0 aliphatic carbocycles. The van der Waals surface area contributed by atoms with E-state index in [9.17, 15) is 19.5 Å². The van der Waals surface area contributed by atoms with Gasteiger partial charge in [-0.25, -0.2) is 0 Å². The molecule has 0 aliphatic heterocycles. The zero-order chi connectivity index (χ0) is 46.3. The Hall–Kier alpha value is -2.97. The van der Waals surface area contributed by atoms with Crippen LogP contribution in [0, 0.1) is 0 Å². The number of carboxylic acids is 1. The number of carbonyl (C=O) groups is 3. The van der Waals surface area contributed by atoms with Crippen molar-refractivity contribution in [2.75, 3.05) is 41.0 Å². The number of likely N-dealkylation sites (N-methyl/N-ethyl adjacent to an activating group) is 1. The molecule has 0 aromatic carbocycles. The maximum Gasteiger partial charge on any atom is 0.306 e. The van der Waals surface area contributed by atoms with Crippen molar-refractivity contribution in [3.8, 4) is 0 Å². The molecule has 364 valence electrons. The summed E-state index contributed by atoms with van der Waals surface area (Å²) in [6.45, 7) is 4.55. The molecular weight excluding hydrogens is 787 g/mol. The van der Waals surface area contributed by atoms with Crippen LogP contribution in [0.25, 0.3) is 0 Å². The molecule has 2 atom stereocenters. The van der Waals surface area contributed by atoms with Gasteiger partial charge in [-0.3, -0.25) is 9.59 Å². The smallest absolute Gasteiger partial charge is 0.306 e. The van der Waals surface area contributed by atoms with E-state index < -0.39 is 18.1 Å². The first-order valence-electron chi connectivity index (χ1n) is 25.8. The molecule has 8 heteroatoms. The van der Waals surface area contributed by atoms with E-state index in [-0.39, 0.29) is 42.7 Å². The van der Waals surface area contributed by atoms with Crippen LogP contribution < -0.4 is 5.11 Å². The number of nitrogens with zero attached hydrogens (tertiary/aromatic N) is 1. The highest BCUT2D eigenvalue weighted by atomic mass is 16.6. The predicted octanol–water partition coefficient (Wildman–Crippen LogP) is 13.6. The van der Waals surface area contributed by atoms with Gasteiger partial charge in [-0.15, -0.1) is 0 Å². The molecule has 0 rings (SSSR count). The number of rotatable bonds is 46. The summed E-state index contributed by atoms with van der Waals surface area (Å²) in [4.78, 5) is 37.0. The van der Waals surface area contributed by atoms with Crippen LogP contribution in [-0.4, -0.2) is 75.5 Å². The van der Waals surface area contributed by atoms with Crippen LogP contribution in [0.2, 0.25) is 0 Å². The average Bonchev–Trinajstić information content (AvgIpc) is 3.24. The molecule has 0 bridgehead atoms. The molecule has 8 nitrogen and oxygen atoms in total. The molecule has 0 saturated carbocycles. The van der Waals surface area contributed by atoms with Crippen molar-refractivity contribution in [2.24, 2.45) is 0 Å². The number of quaternary nitrogens is 1. The van der Waals surface area contributed by atoms with E-state index in [1.807, 2.05) is 0 Å². The Morgan fingerprint density at radius 2 is 0.889 bits per heavy atom. The van der Waals surface area contributed by atoms with Gasteiger partial charge < -0.3 is 28.6 Å².